The Hall–Kier alpha value is -3.43. The average Bonchev–Trinajstić information content (AvgIpc) is 3.47. The molecule has 1 heterocycles. The van der Waals surface area contributed by atoms with Crippen LogP contribution < -0.4 is 10.7 Å². The third kappa shape index (κ3) is 10.3. The van der Waals surface area contributed by atoms with Crippen LogP contribution in [0.1, 0.15) is 86.5 Å². The summed E-state index contributed by atoms with van der Waals surface area (Å²) >= 11 is 6.40. The van der Waals surface area contributed by atoms with E-state index in [9.17, 15) is 23.2 Å². The van der Waals surface area contributed by atoms with Crippen molar-refractivity contribution in [3.8, 4) is 6.07 Å². The summed E-state index contributed by atoms with van der Waals surface area (Å²) in [5.74, 6) is 3.87. The van der Waals surface area contributed by atoms with Crippen molar-refractivity contribution in [3.63, 3.8) is 0 Å². The highest BCUT2D eigenvalue weighted by Crippen LogP contribution is 2.26. The predicted octanol–water partition coefficient (Wildman–Crippen LogP) is 5.87. The zero-order chi connectivity index (χ0) is 29.7. The number of nitrogens with zero attached hydrogens (tertiary/aromatic N) is 5. The normalized spacial score (nSPS) is 13.2. The van der Waals surface area contributed by atoms with Crippen LogP contribution in [-0.2, 0) is 11.3 Å². The van der Waals surface area contributed by atoms with Gasteiger partial charge in [-0.3, -0.25) is 9.80 Å². The van der Waals surface area contributed by atoms with Gasteiger partial charge in [0, 0.05) is 24.7 Å². The summed E-state index contributed by atoms with van der Waals surface area (Å²) in [6, 6.07) is 9.67. The summed E-state index contributed by atoms with van der Waals surface area (Å²) in [7, 11) is 0. The third-order valence-electron chi connectivity index (χ3n) is 6.43. The number of alkyl halides is 3. The van der Waals surface area contributed by atoms with E-state index in [1.807, 2.05) is 30.3 Å². The van der Waals surface area contributed by atoms with Crippen molar-refractivity contribution in [1.29, 1.82) is 5.26 Å². The molecule has 1 amide bonds. The van der Waals surface area contributed by atoms with Gasteiger partial charge in [-0.1, -0.05) is 69.2 Å². The Bertz CT molecular complexity index is 1150. The Balaban J connectivity index is 0.000000708. The smallest absolute Gasteiger partial charge is 0.475 e. The second-order valence-corrected chi connectivity index (χ2v) is 9.87. The highest BCUT2D eigenvalue weighted by molar-refractivity contribution is 6.32. The number of hydrogen-bond donors (Lipinski definition) is 2. The quantitative estimate of drug-likeness (QED) is 0.145. The van der Waals surface area contributed by atoms with Gasteiger partial charge in [0.05, 0.1) is 6.20 Å². The molecule has 0 atom stereocenters. The first kappa shape index (κ1) is 32.8. The lowest BCUT2D eigenvalue weighted by Crippen LogP contribution is -2.44. The maximum atomic E-state index is 12.8. The number of benzene rings is 1. The van der Waals surface area contributed by atoms with E-state index >= 15 is 0 Å². The van der Waals surface area contributed by atoms with Gasteiger partial charge in [0.1, 0.15) is 11.1 Å². The molecule has 0 bridgehead atoms. The van der Waals surface area contributed by atoms with Gasteiger partial charge in [-0.2, -0.15) is 18.4 Å². The number of aliphatic carboxylic acids is 1. The van der Waals surface area contributed by atoms with Gasteiger partial charge >= 0.3 is 12.1 Å². The molecule has 3 N–H and O–H groups in total. The van der Waals surface area contributed by atoms with Gasteiger partial charge in [0.25, 0.3) is 5.91 Å². The van der Waals surface area contributed by atoms with Crippen molar-refractivity contribution >= 4 is 29.3 Å². The number of anilines is 1. The van der Waals surface area contributed by atoms with E-state index in [1.54, 1.807) is 0 Å². The Labute approximate surface area is 236 Å². The molecule has 2 aromatic rings. The number of aromatic nitrogens is 2. The monoisotopic (exact) mass is 582 g/mol. The summed E-state index contributed by atoms with van der Waals surface area (Å²) < 4.78 is 31.7. The number of carbonyl (C=O) groups is 2. The van der Waals surface area contributed by atoms with E-state index in [1.165, 1.54) is 30.5 Å². The second-order valence-electron chi connectivity index (χ2n) is 9.46. The number of nitrogens with two attached hydrogens (primary N) is 1. The van der Waals surface area contributed by atoms with Crippen LogP contribution in [0, 0.1) is 11.3 Å². The van der Waals surface area contributed by atoms with Crippen LogP contribution >= 0.6 is 11.6 Å². The summed E-state index contributed by atoms with van der Waals surface area (Å²) in [4.78, 5) is 32.1. The zero-order valence-electron chi connectivity index (χ0n) is 22.3. The molecule has 40 heavy (non-hydrogen) atoms. The summed E-state index contributed by atoms with van der Waals surface area (Å²) in [6.07, 6.45) is 6.32. The van der Waals surface area contributed by atoms with Crippen LogP contribution in [0.25, 0.3) is 0 Å². The third-order valence-corrected chi connectivity index (χ3v) is 6.69. The van der Waals surface area contributed by atoms with Crippen molar-refractivity contribution < 1.29 is 27.9 Å². The molecule has 0 unspecified atom stereocenters. The molecule has 1 aliphatic rings. The van der Waals surface area contributed by atoms with Gasteiger partial charge < -0.3 is 10.0 Å². The van der Waals surface area contributed by atoms with Crippen LogP contribution in [0.2, 0.25) is 5.02 Å². The van der Waals surface area contributed by atoms with Gasteiger partial charge in [-0.05, 0) is 37.0 Å². The van der Waals surface area contributed by atoms with Crippen molar-refractivity contribution in [1.82, 2.24) is 15.0 Å². The molecule has 0 radical (unpaired) electrons. The Morgan fingerprint density at radius 3 is 2.30 bits per heavy atom. The Kier molecular flexibility index (Phi) is 13.1. The number of amides is 1. The Morgan fingerprint density at radius 1 is 1.15 bits per heavy atom. The first-order valence-electron chi connectivity index (χ1n) is 13.1. The molecule has 0 saturated heterocycles. The van der Waals surface area contributed by atoms with E-state index in [2.05, 4.69) is 21.8 Å². The average molecular weight is 583 g/mol. The fraction of sp³-hybridized carbons (Fsp3) is 0.519. The van der Waals surface area contributed by atoms with E-state index in [0.717, 1.165) is 50.6 Å². The van der Waals surface area contributed by atoms with Gasteiger partial charge in [-0.15, -0.1) is 0 Å². The van der Waals surface area contributed by atoms with Crippen LogP contribution in [0.4, 0.5) is 19.0 Å². The van der Waals surface area contributed by atoms with Crippen LogP contribution in [0.15, 0.2) is 30.5 Å². The van der Waals surface area contributed by atoms with Crippen LogP contribution in [0.3, 0.4) is 0 Å². The molecule has 1 aromatic heterocycles. The van der Waals surface area contributed by atoms with Crippen LogP contribution in [0.5, 0.6) is 0 Å². The number of rotatable bonds is 11. The van der Waals surface area contributed by atoms with E-state index in [-0.39, 0.29) is 17.8 Å². The topological polar surface area (TPSA) is 136 Å². The number of unbranched alkanes of at least 4 members (excludes halogenated alkanes) is 4. The van der Waals surface area contributed by atoms with E-state index < -0.39 is 12.1 Å². The molecular formula is C27H34ClF3N6O3. The molecule has 218 valence electrons. The molecule has 1 aromatic carbocycles. The molecule has 0 spiro atoms. The highest BCUT2D eigenvalue weighted by atomic mass is 35.5. The summed E-state index contributed by atoms with van der Waals surface area (Å²) in [5.41, 5.74) is 1.61. The number of nitriles is 1. The Morgan fingerprint density at radius 2 is 1.75 bits per heavy atom. The maximum Gasteiger partial charge on any atom is 0.490 e. The fourth-order valence-electron chi connectivity index (χ4n) is 4.27. The van der Waals surface area contributed by atoms with Crippen LogP contribution in [-0.4, -0.2) is 50.7 Å². The minimum absolute atomic E-state index is 0.0984. The van der Waals surface area contributed by atoms with Gasteiger partial charge in [0.2, 0.25) is 5.82 Å². The number of carboxylic acids is 1. The lowest BCUT2D eigenvalue weighted by molar-refractivity contribution is -0.192. The minimum atomic E-state index is -5.08. The SMILES string of the molecule is CCCCCCCN(Cc1ccc(C(=O)N(N)C2CCCC2)cc1)c1nc(C#N)ncc1Cl.O=C(O)C(F)(F)F. The molecule has 9 nitrogen and oxygen atoms in total. The van der Waals surface area contributed by atoms with Gasteiger partial charge in [-0.25, -0.2) is 20.6 Å². The predicted molar refractivity (Wildman–Crippen MR) is 144 cm³/mol. The first-order chi connectivity index (χ1) is 19.0. The lowest BCUT2D eigenvalue weighted by atomic mass is 10.1. The van der Waals surface area contributed by atoms with E-state index in [4.69, 9.17) is 27.3 Å². The molecular weight excluding hydrogens is 549 g/mol. The second kappa shape index (κ2) is 16.0. The number of halogens is 4. The zero-order valence-corrected chi connectivity index (χ0v) is 23.1. The number of hydrazine groups is 1. The molecule has 3 rings (SSSR count). The van der Waals surface area contributed by atoms with Gasteiger partial charge in [0.15, 0.2) is 5.82 Å². The standard InChI is InChI=1S/C25H33ClN6O.C2HF3O2/c1-2-3-4-5-8-15-31(24-22(26)17-29-23(16-27)30-24)18-19-11-13-20(14-12-19)25(33)32(28)21-9-6-7-10-21;3-2(4,5)1(6)7/h11-14,17,21H,2-10,15,18,28H2,1H3;(H,6,7). The van der Waals surface area contributed by atoms with E-state index in [0.29, 0.717) is 22.9 Å². The van der Waals surface area contributed by atoms with Crippen molar-refractivity contribution in [2.24, 2.45) is 5.84 Å². The number of carboxylic acid groups (broad SMARTS) is 1. The molecule has 1 fully saturated rings. The lowest BCUT2D eigenvalue weighted by Gasteiger charge is -2.25. The number of hydrogen-bond acceptors (Lipinski definition) is 7. The summed E-state index contributed by atoms with van der Waals surface area (Å²) in [5, 5.41) is 18.2. The maximum absolute atomic E-state index is 12.8. The highest BCUT2D eigenvalue weighted by Gasteiger charge is 2.38. The molecule has 13 heteroatoms. The van der Waals surface area contributed by atoms with Crippen molar-refractivity contribution in [2.75, 3.05) is 11.4 Å². The molecule has 1 saturated carbocycles. The molecule has 1 aliphatic carbocycles. The summed E-state index contributed by atoms with van der Waals surface area (Å²) in [6.45, 7) is 3.53. The molecule has 0 aliphatic heterocycles. The van der Waals surface area contributed by atoms with Crippen molar-refractivity contribution in [2.45, 2.75) is 83.5 Å². The fourth-order valence-corrected chi connectivity index (χ4v) is 4.48. The largest absolute Gasteiger partial charge is 0.490 e. The van der Waals surface area contributed by atoms with Crippen molar-refractivity contribution in [3.05, 3.63) is 52.4 Å². The first-order valence-corrected chi connectivity index (χ1v) is 13.5. The number of carbonyl (C=O) groups excluding carboxylic acids is 1. The minimum Gasteiger partial charge on any atom is -0.475 e.